The summed E-state index contributed by atoms with van der Waals surface area (Å²) in [4.78, 5) is 11.0. The van der Waals surface area contributed by atoms with E-state index in [9.17, 15) is 4.79 Å². The molecule has 0 aromatic rings. The molecule has 0 heterocycles. The summed E-state index contributed by atoms with van der Waals surface area (Å²) in [5.74, 6) is 0.988. The maximum Gasteiger partial charge on any atom is 0.319 e. The van der Waals surface area contributed by atoms with Crippen LogP contribution in [-0.2, 0) is 9.53 Å². The van der Waals surface area contributed by atoms with Crippen molar-refractivity contribution < 1.29 is 9.53 Å². The standard InChI is InChI=1S/C11H21NO2S/c1-3-15-10-7-5-4-6-9(10)12-8-11(13)14-2/h9-10,12H,3-8H2,1-2H3/t9-,10-/m1/s1. The van der Waals surface area contributed by atoms with Gasteiger partial charge in [0, 0.05) is 11.3 Å². The lowest BCUT2D eigenvalue weighted by molar-refractivity contribution is -0.139. The molecule has 0 aliphatic heterocycles. The fourth-order valence-corrected chi connectivity index (χ4v) is 3.26. The van der Waals surface area contributed by atoms with Gasteiger partial charge in [-0.2, -0.15) is 11.8 Å². The molecular formula is C11H21NO2S. The van der Waals surface area contributed by atoms with E-state index in [2.05, 4.69) is 17.0 Å². The smallest absolute Gasteiger partial charge is 0.319 e. The Morgan fingerprint density at radius 1 is 1.47 bits per heavy atom. The molecule has 0 spiro atoms. The van der Waals surface area contributed by atoms with Gasteiger partial charge in [0.05, 0.1) is 13.7 Å². The first-order chi connectivity index (χ1) is 7.27. The summed E-state index contributed by atoms with van der Waals surface area (Å²) in [5.41, 5.74) is 0. The van der Waals surface area contributed by atoms with Crippen LogP contribution in [-0.4, -0.2) is 36.7 Å². The molecule has 3 nitrogen and oxygen atoms in total. The van der Waals surface area contributed by atoms with Gasteiger partial charge in [-0.15, -0.1) is 0 Å². The van der Waals surface area contributed by atoms with E-state index >= 15 is 0 Å². The molecule has 0 unspecified atom stereocenters. The second kappa shape index (κ2) is 7.12. The summed E-state index contributed by atoms with van der Waals surface area (Å²) in [5, 5.41) is 3.99. The number of carbonyl (C=O) groups excluding carboxylic acids is 1. The van der Waals surface area contributed by atoms with Crippen molar-refractivity contribution in [3.05, 3.63) is 0 Å². The van der Waals surface area contributed by atoms with E-state index in [-0.39, 0.29) is 5.97 Å². The van der Waals surface area contributed by atoms with Crippen LogP contribution >= 0.6 is 11.8 Å². The van der Waals surface area contributed by atoms with E-state index in [1.807, 2.05) is 11.8 Å². The second-order valence-electron chi connectivity index (χ2n) is 3.84. The minimum Gasteiger partial charge on any atom is -0.468 e. The molecule has 1 saturated carbocycles. The van der Waals surface area contributed by atoms with Crippen LogP contribution in [0.5, 0.6) is 0 Å². The van der Waals surface area contributed by atoms with Crippen molar-refractivity contribution in [3.63, 3.8) is 0 Å². The average Bonchev–Trinajstić information content (AvgIpc) is 2.28. The highest BCUT2D eigenvalue weighted by atomic mass is 32.2. The molecule has 0 saturated heterocycles. The molecule has 88 valence electrons. The average molecular weight is 231 g/mol. The van der Waals surface area contributed by atoms with Gasteiger partial charge in [-0.1, -0.05) is 19.8 Å². The van der Waals surface area contributed by atoms with Crippen LogP contribution in [0.4, 0.5) is 0 Å². The second-order valence-corrected chi connectivity index (χ2v) is 5.36. The van der Waals surface area contributed by atoms with Crippen LogP contribution in [0.2, 0.25) is 0 Å². The summed E-state index contributed by atoms with van der Waals surface area (Å²) < 4.78 is 4.63. The number of methoxy groups -OCH3 is 1. The molecule has 1 fully saturated rings. The quantitative estimate of drug-likeness (QED) is 0.732. The van der Waals surface area contributed by atoms with Crippen molar-refractivity contribution in [2.24, 2.45) is 0 Å². The first-order valence-electron chi connectivity index (χ1n) is 5.69. The Bertz CT molecular complexity index is 197. The number of nitrogens with one attached hydrogen (secondary N) is 1. The van der Waals surface area contributed by atoms with E-state index in [1.54, 1.807) is 0 Å². The molecule has 15 heavy (non-hydrogen) atoms. The van der Waals surface area contributed by atoms with E-state index < -0.39 is 0 Å². The summed E-state index contributed by atoms with van der Waals surface area (Å²) >= 11 is 2.00. The monoisotopic (exact) mass is 231 g/mol. The normalized spacial score (nSPS) is 26.3. The highest BCUT2D eigenvalue weighted by molar-refractivity contribution is 7.99. The molecule has 4 heteroatoms. The largest absolute Gasteiger partial charge is 0.468 e. The highest BCUT2D eigenvalue weighted by Gasteiger charge is 2.24. The van der Waals surface area contributed by atoms with E-state index in [4.69, 9.17) is 0 Å². The molecule has 0 bridgehead atoms. The first-order valence-corrected chi connectivity index (χ1v) is 6.74. The first kappa shape index (κ1) is 12.8. The third kappa shape index (κ3) is 4.43. The minimum atomic E-state index is -0.166. The predicted molar refractivity (Wildman–Crippen MR) is 64.2 cm³/mol. The Kier molecular flexibility index (Phi) is 6.10. The SMILES string of the molecule is CCS[C@@H]1CCCC[C@H]1NCC(=O)OC. The van der Waals surface area contributed by atoms with Gasteiger partial charge in [0.2, 0.25) is 0 Å². The molecule has 1 aliphatic carbocycles. The van der Waals surface area contributed by atoms with E-state index in [1.165, 1.54) is 32.8 Å². The summed E-state index contributed by atoms with van der Waals surface area (Å²) in [6.45, 7) is 2.54. The van der Waals surface area contributed by atoms with Crippen LogP contribution in [0.1, 0.15) is 32.6 Å². The number of hydrogen-bond acceptors (Lipinski definition) is 4. The van der Waals surface area contributed by atoms with Crippen molar-refractivity contribution in [1.82, 2.24) is 5.32 Å². The zero-order valence-corrected chi connectivity index (χ0v) is 10.4. The van der Waals surface area contributed by atoms with Crippen LogP contribution in [0.25, 0.3) is 0 Å². The van der Waals surface area contributed by atoms with Crippen LogP contribution in [0.3, 0.4) is 0 Å². The van der Waals surface area contributed by atoms with Gasteiger partial charge >= 0.3 is 5.97 Å². The molecule has 0 aromatic carbocycles. The van der Waals surface area contributed by atoms with Crippen LogP contribution < -0.4 is 5.32 Å². The molecule has 1 aliphatic rings. The maximum atomic E-state index is 11.0. The zero-order valence-electron chi connectivity index (χ0n) is 9.62. The number of ether oxygens (including phenoxy) is 1. The number of thioether (sulfide) groups is 1. The Morgan fingerprint density at radius 2 is 2.20 bits per heavy atom. The lowest BCUT2D eigenvalue weighted by Gasteiger charge is -2.31. The lowest BCUT2D eigenvalue weighted by Crippen LogP contribution is -2.43. The van der Waals surface area contributed by atoms with Crippen LogP contribution in [0, 0.1) is 0 Å². The van der Waals surface area contributed by atoms with Crippen molar-refractivity contribution in [2.45, 2.75) is 43.9 Å². The predicted octanol–water partition coefficient (Wildman–Crippen LogP) is 1.81. The Hall–Kier alpha value is -0.220. The van der Waals surface area contributed by atoms with Crippen molar-refractivity contribution >= 4 is 17.7 Å². The van der Waals surface area contributed by atoms with Crippen molar-refractivity contribution in [3.8, 4) is 0 Å². The van der Waals surface area contributed by atoms with Gasteiger partial charge in [-0.05, 0) is 18.6 Å². The third-order valence-corrected chi connectivity index (χ3v) is 4.15. The zero-order chi connectivity index (χ0) is 11.1. The van der Waals surface area contributed by atoms with Crippen molar-refractivity contribution in [1.29, 1.82) is 0 Å². The fraction of sp³-hybridized carbons (Fsp3) is 0.909. The fourth-order valence-electron chi connectivity index (χ4n) is 2.03. The van der Waals surface area contributed by atoms with Gasteiger partial charge in [0.15, 0.2) is 0 Å². The summed E-state index contributed by atoms with van der Waals surface area (Å²) in [6.07, 6.45) is 5.07. The molecule has 0 aromatic heterocycles. The van der Waals surface area contributed by atoms with E-state index in [0.29, 0.717) is 17.8 Å². The van der Waals surface area contributed by atoms with Gasteiger partial charge in [-0.25, -0.2) is 0 Å². The summed E-state index contributed by atoms with van der Waals surface area (Å²) in [7, 11) is 1.43. The molecule has 0 radical (unpaired) electrons. The minimum absolute atomic E-state index is 0.166. The molecule has 1 N–H and O–H groups in total. The molecule has 1 rings (SSSR count). The summed E-state index contributed by atoms with van der Waals surface area (Å²) in [6, 6.07) is 0.489. The Balaban J connectivity index is 2.32. The Morgan fingerprint density at radius 3 is 2.87 bits per heavy atom. The number of rotatable bonds is 5. The van der Waals surface area contributed by atoms with Crippen molar-refractivity contribution in [2.75, 3.05) is 19.4 Å². The van der Waals surface area contributed by atoms with Gasteiger partial charge in [0.1, 0.15) is 0 Å². The number of hydrogen-bond donors (Lipinski definition) is 1. The maximum absolute atomic E-state index is 11.0. The van der Waals surface area contributed by atoms with Gasteiger partial charge in [-0.3, -0.25) is 4.79 Å². The lowest BCUT2D eigenvalue weighted by atomic mass is 9.95. The van der Waals surface area contributed by atoms with E-state index in [0.717, 1.165) is 5.75 Å². The number of esters is 1. The van der Waals surface area contributed by atoms with Gasteiger partial charge < -0.3 is 10.1 Å². The number of carbonyl (C=O) groups is 1. The Labute approximate surface area is 96.3 Å². The highest BCUT2D eigenvalue weighted by Crippen LogP contribution is 2.28. The molecular weight excluding hydrogens is 210 g/mol. The van der Waals surface area contributed by atoms with Crippen LogP contribution in [0.15, 0.2) is 0 Å². The molecule has 2 atom stereocenters. The molecule has 0 amide bonds. The topological polar surface area (TPSA) is 38.3 Å². The van der Waals surface area contributed by atoms with Gasteiger partial charge in [0.25, 0.3) is 0 Å². The third-order valence-electron chi connectivity index (χ3n) is 2.82.